The molecule has 6 nitrogen and oxygen atoms in total. The second-order valence-electron chi connectivity index (χ2n) is 7.18. The summed E-state index contributed by atoms with van der Waals surface area (Å²) in [5, 5.41) is 3.48. The molecule has 0 radical (unpaired) electrons. The number of carbonyl (C=O) groups is 1. The van der Waals surface area contributed by atoms with Gasteiger partial charge in [0.15, 0.2) is 0 Å². The Morgan fingerprint density at radius 2 is 1.59 bits per heavy atom. The Bertz CT molecular complexity index is 1160. The summed E-state index contributed by atoms with van der Waals surface area (Å²) < 4.78 is 32.0. The second kappa shape index (κ2) is 10.1. The van der Waals surface area contributed by atoms with Crippen LogP contribution in [0.3, 0.4) is 0 Å². The highest BCUT2D eigenvalue weighted by atomic mass is 35.5. The molecule has 1 unspecified atom stereocenters. The van der Waals surface area contributed by atoms with E-state index in [0.29, 0.717) is 16.3 Å². The fraction of sp³-hybridized carbons (Fsp3) is 0.208. The molecule has 32 heavy (non-hydrogen) atoms. The van der Waals surface area contributed by atoms with Crippen LogP contribution in [-0.4, -0.2) is 28.5 Å². The van der Waals surface area contributed by atoms with Crippen LogP contribution < -0.4 is 14.4 Å². The molecule has 0 saturated heterocycles. The molecule has 1 atom stereocenters. The summed E-state index contributed by atoms with van der Waals surface area (Å²) in [7, 11) is -0.668. The molecule has 0 aromatic heterocycles. The van der Waals surface area contributed by atoms with Gasteiger partial charge < -0.3 is 10.1 Å². The predicted octanol–water partition coefficient (Wildman–Crippen LogP) is 5.05. The third kappa shape index (κ3) is 5.23. The van der Waals surface area contributed by atoms with E-state index < -0.39 is 10.0 Å². The molecule has 8 heteroatoms. The number of benzene rings is 3. The molecule has 168 valence electrons. The summed E-state index contributed by atoms with van der Waals surface area (Å²) in [6, 6.07) is 19.8. The van der Waals surface area contributed by atoms with Crippen molar-refractivity contribution in [1.82, 2.24) is 5.32 Å². The topological polar surface area (TPSA) is 75.7 Å². The van der Waals surface area contributed by atoms with E-state index in [-0.39, 0.29) is 16.8 Å². The van der Waals surface area contributed by atoms with Gasteiger partial charge in [0.25, 0.3) is 15.9 Å². The van der Waals surface area contributed by atoms with E-state index >= 15 is 0 Å². The Balaban J connectivity index is 1.73. The first-order valence-corrected chi connectivity index (χ1v) is 11.9. The molecule has 0 aliphatic heterocycles. The zero-order chi connectivity index (χ0) is 23.3. The number of halogens is 1. The Morgan fingerprint density at radius 3 is 2.12 bits per heavy atom. The van der Waals surface area contributed by atoms with E-state index in [9.17, 15) is 13.2 Å². The smallest absolute Gasteiger partial charge is 0.264 e. The van der Waals surface area contributed by atoms with Crippen molar-refractivity contribution < 1.29 is 17.9 Å². The number of anilines is 1. The first-order valence-electron chi connectivity index (χ1n) is 10.1. The number of rotatable bonds is 8. The van der Waals surface area contributed by atoms with Gasteiger partial charge in [0.1, 0.15) is 5.75 Å². The number of ether oxygens (including phenoxy) is 1. The van der Waals surface area contributed by atoms with Crippen LogP contribution in [0.4, 0.5) is 5.69 Å². The molecule has 1 amide bonds. The molecule has 3 aromatic carbocycles. The van der Waals surface area contributed by atoms with Gasteiger partial charge in [0, 0.05) is 17.6 Å². The third-order valence-corrected chi connectivity index (χ3v) is 7.25. The highest BCUT2D eigenvalue weighted by Crippen LogP contribution is 2.24. The summed E-state index contributed by atoms with van der Waals surface area (Å²) in [6.45, 7) is 1.99. The summed E-state index contributed by atoms with van der Waals surface area (Å²) in [4.78, 5) is 12.9. The minimum Gasteiger partial charge on any atom is -0.497 e. The largest absolute Gasteiger partial charge is 0.497 e. The minimum absolute atomic E-state index is 0.136. The fourth-order valence-electron chi connectivity index (χ4n) is 3.23. The highest BCUT2D eigenvalue weighted by Gasteiger charge is 2.22. The van der Waals surface area contributed by atoms with Gasteiger partial charge in [0.2, 0.25) is 0 Å². The van der Waals surface area contributed by atoms with Crippen molar-refractivity contribution in [2.45, 2.75) is 24.3 Å². The van der Waals surface area contributed by atoms with Gasteiger partial charge in [-0.1, -0.05) is 30.7 Å². The summed E-state index contributed by atoms with van der Waals surface area (Å²) in [6.07, 6.45) is 0.720. The first-order chi connectivity index (χ1) is 15.3. The number of carbonyl (C=O) groups excluding carboxylic acids is 1. The molecule has 0 spiro atoms. The predicted molar refractivity (Wildman–Crippen MR) is 127 cm³/mol. The molecule has 0 heterocycles. The monoisotopic (exact) mass is 472 g/mol. The quantitative estimate of drug-likeness (QED) is 0.497. The third-order valence-electron chi connectivity index (χ3n) is 5.20. The summed E-state index contributed by atoms with van der Waals surface area (Å²) in [5.74, 6) is 0.519. The van der Waals surface area contributed by atoms with Gasteiger partial charge in [-0.05, 0) is 72.6 Å². The number of amides is 1. The van der Waals surface area contributed by atoms with Gasteiger partial charge in [0.05, 0.1) is 23.7 Å². The van der Waals surface area contributed by atoms with Crippen molar-refractivity contribution >= 4 is 33.2 Å². The van der Waals surface area contributed by atoms with Crippen LogP contribution in [0.5, 0.6) is 5.75 Å². The standard InChI is InChI=1S/C24H25ClN2O4S/c1-4-23(17-7-13-21(31-3)14-8-17)26-24(28)18-5-11-20(12-6-18)27(2)32(29,30)22-15-9-19(25)10-16-22/h5-16,23H,4H2,1-3H3,(H,26,28). The van der Waals surface area contributed by atoms with E-state index in [4.69, 9.17) is 16.3 Å². The molecule has 1 N–H and O–H groups in total. The van der Waals surface area contributed by atoms with E-state index in [2.05, 4.69) is 5.32 Å². The van der Waals surface area contributed by atoms with Crippen molar-refractivity contribution in [1.29, 1.82) is 0 Å². The maximum Gasteiger partial charge on any atom is 0.264 e. The van der Waals surface area contributed by atoms with Crippen LogP contribution >= 0.6 is 11.6 Å². The lowest BCUT2D eigenvalue weighted by atomic mass is 10.0. The Hall–Kier alpha value is -3.03. The minimum atomic E-state index is -3.74. The van der Waals surface area contributed by atoms with E-state index in [1.165, 1.54) is 35.6 Å². The number of hydrogen-bond donors (Lipinski definition) is 1. The van der Waals surface area contributed by atoms with Crippen molar-refractivity contribution in [3.63, 3.8) is 0 Å². The highest BCUT2D eigenvalue weighted by molar-refractivity contribution is 7.92. The van der Waals surface area contributed by atoms with E-state index in [1.807, 2.05) is 31.2 Å². The number of methoxy groups -OCH3 is 1. The lowest BCUT2D eigenvalue weighted by Gasteiger charge is -2.20. The number of hydrogen-bond acceptors (Lipinski definition) is 4. The zero-order valence-electron chi connectivity index (χ0n) is 18.1. The molecule has 3 rings (SSSR count). The Kier molecular flexibility index (Phi) is 7.43. The molecule has 0 aliphatic rings. The molecular formula is C24H25ClN2O4S. The Morgan fingerprint density at radius 1 is 1.00 bits per heavy atom. The van der Waals surface area contributed by atoms with Gasteiger partial charge >= 0.3 is 0 Å². The van der Waals surface area contributed by atoms with Crippen LogP contribution in [0.15, 0.2) is 77.7 Å². The molecule has 0 aliphatic carbocycles. The summed E-state index contributed by atoms with van der Waals surface area (Å²) in [5.41, 5.74) is 1.86. The Labute approximate surface area is 193 Å². The average molecular weight is 473 g/mol. The van der Waals surface area contributed by atoms with E-state index in [1.54, 1.807) is 31.4 Å². The van der Waals surface area contributed by atoms with Crippen molar-refractivity contribution in [2.75, 3.05) is 18.5 Å². The lowest BCUT2D eigenvalue weighted by Crippen LogP contribution is -2.28. The van der Waals surface area contributed by atoms with Gasteiger partial charge in [-0.25, -0.2) is 8.42 Å². The summed E-state index contributed by atoms with van der Waals surface area (Å²) >= 11 is 5.85. The van der Waals surface area contributed by atoms with Crippen LogP contribution in [0, 0.1) is 0 Å². The zero-order valence-corrected chi connectivity index (χ0v) is 19.7. The molecule has 0 bridgehead atoms. The van der Waals surface area contributed by atoms with Crippen molar-refractivity contribution in [3.05, 3.63) is 88.9 Å². The maximum absolute atomic E-state index is 12.8. The van der Waals surface area contributed by atoms with Crippen LogP contribution in [-0.2, 0) is 10.0 Å². The number of sulfonamides is 1. The average Bonchev–Trinajstić information content (AvgIpc) is 2.82. The first kappa shape index (κ1) is 23.6. The van der Waals surface area contributed by atoms with E-state index in [0.717, 1.165) is 17.7 Å². The van der Waals surface area contributed by atoms with Crippen LogP contribution in [0.2, 0.25) is 5.02 Å². The normalized spacial score (nSPS) is 12.1. The van der Waals surface area contributed by atoms with Gasteiger partial charge in [-0.2, -0.15) is 0 Å². The molecule has 3 aromatic rings. The molecule has 0 saturated carbocycles. The molecule has 0 fully saturated rings. The number of nitrogens with zero attached hydrogens (tertiary/aromatic N) is 1. The molecular weight excluding hydrogens is 448 g/mol. The lowest BCUT2D eigenvalue weighted by molar-refractivity contribution is 0.0935. The van der Waals surface area contributed by atoms with Gasteiger partial charge in [-0.3, -0.25) is 9.10 Å². The SMILES string of the molecule is CCC(NC(=O)c1ccc(N(C)S(=O)(=O)c2ccc(Cl)cc2)cc1)c1ccc(OC)cc1. The maximum atomic E-state index is 12.8. The van der Waals surface area contributed by atoms with Crippen LogP contribution in [0.25, 0.3) is 0 Å². The van der Waals surface area contributed by atoms with Gasteiger partial charge in [-0.15, -0.1) is 0 Å². The van der Waals surface area contributed by atoms with Crippen LogP contribution in [0.1, 0.15) is 35.3 Å². The fourth-order valence-corrected chi connectivity index (χ4v) is 4.55. The van der Waals surface area contributed by atoms with Crippen molar-refractivity contribution in [2.24, 2.45) is 0 Å². The van der Waals surface area contributed by atoms with Crippen molar-refractivity contribution in [3.8, 4) is 5.75 Å². The second-order valence-corrected chi connectivity index (χ2v) is 9.59. The number of nitrogens with one attached hydrogen (secondary N) is 1.